The molecule has 0 aromatic heterocycles. The molecule has 1 aliphatic rings. The van der Waals surface area contributed by atoms with Crippen LogP contribution in [0.5, 0.6) is 0 Å². The summed E-state index contributed by atoms with van der Waals surface area (Å²) in [5.41, 5.74) is 0. The van der Waals surface area contributed by atoms with Gasteiger partial charge in [0, 0.05) is 39.3 Å². The number of likely N-dealkylation sites (tertiary alicyclic amines) is 1. The highest BCUT2D eigenvalue weighted by atomic mass is 32.2. The van der Waals surface area contributed by atoms with E-state index in [1.807, 2.05) is 4.90 Å². The highest BCUT2D eigenvalue weighted by Crippen LogP contribution is 2.21. The van der Waals surface area contributed by atoms with Gasteiger partial charge in [0.1, 0.15) is 0 Å². The van der Waals surface area contributed by atoms with Crippen molar-refractivity contribution in [3.05, 3.63) is 0 Å². The summed E-state index contributed by atoms with van der Waals surface area (Å²) in [6, 6.07) is 0.282. The van der Waals surface area contributed by atoms with Gasteiger partial charge in [-0.05, 0) is 32.1 Å². The van der Waals surface area contributed by atoms with Crippen molar-refractivity contribution in [3.63, 3.8) is 0 Å². The molecule has 1 aliphatic heterocycles. The minimum Gasteiger partial charge on any atom is -0.385 e. The Morgan fingerprint density at radius 2 is 2.15 bits per heavy atom. The van der Waals surface area contributed by atoms with Crippen molar-refractivity contribution >= 4 is 15.9 Å². The van der Waals surface area contributed by atoms with Crippen LogP contribution in [0.25, 0.3) is 0 Å². The second-order valence-corrected chi connectivity index (χ2v) is 7.12. The molecule has 1 N–H and O–H groups in total. The quantitative estimate of drug-likeness (QED) is 0.671. The molecule has 1 unspecified atom stereocenters. The fraction of sp³-hybridized carbons (Fsp3) is 0.923. The molecule has 0 radical (unpaired) electrons. The van der Waals surface area contributed by atoms with Crippen LogP contribution in [0.15, 0.2) is 0 Å². The Labute approximate surface area is 121 Å². The number of sulfonamides is 1. The number of nitrogens with one attached hydrogen (secondary N) is 1. The van der Waals surface area contributed by atoms with Crippen molar-refractivity contribution in [1.29, 1.82) is 0 Å². The summed E-state index contributed by atoms with van der Waals surface area (Å²) >= 11 is 0. The number of hydrogen-bond acceptors (Lipinski definition) is 4. The lowest BCUT2D eigenvalue weighted by atomic mass is 9.97. The lowest BCUT2D eigenvalue weighted by molar-refractivity contribution is -0.134. The van der Waals surface area contributed by atoms with Crippen molar-refractivity contribution in [2.24, 2.45) is 0 Å². The van der Waals surface area contributed by atoms with Gasteiger partial charge in [-0.1, -0.05) is 0 Å². The van der Waals surface area contributed by atoms with Crippen molar-refractivity contribution in [1.82, 2.24) is 9.62 Å². The predicted octanol–water partition coefficient (Wildman–Crippen LogP) is 0.733. The third kappa shape index (κ3) is 6.67. The van der Waals surface area contributed by atoms with Gasteiger partial charge in [0.2, 0.25) is 15.9 Å². The summed E-state index contributed by atoms with van der Waals surface area (Å²) < 4.78 is 29.4. The van der Waals surface area contributed by atoms with E-state index >= 15 is 0 Å². The lowest BCUT2D eigenvalue weighted by Crippen LogP contribution is -2.44. The van der Waals surface area contributed by atoms with Crippen LogP contribution in [-0.4, -0.2) is 58.3 Å². The van der Waals surface area contributed by atoms with E-state index in [2.05, 4.69) is 4.72 Å². The molecule has 0 aromatic carbocycles. The molecule has 6 nitrogen and oxygen atoms in total. The minimum atomic E-state index is -3.22. The van der Waals surface area contributed by atoms with Crippen LogP contribution in [0.4, 0.5) is 0 Å². The third-order valence-electron chi connectivity index (χ3n) is 3.54. The number of carbonyl (C=O) groups is 1. The summed E-state index contributed by atoms with van der Waals surface area (Å²) in [6.45, 7) is 1.68. The van der Waals surface area contributed by atoms with Gasteiger partial charge in [-0.2, -0.15) is 0 Å². The average Bonchev–Trinajstić information content (AvgIpc) is 2.38. The molecule has 20 heavy (non-hydrogen) atoms. The number of ether oxygens (including phenoxy) is 1. The summed E-state index contributed by atoms with van der Waals surface area (Å²) in [6.07, 6.45) is 6.47. The van der Waals surface area contributed by atoms with E-state index < -0.39 is 10.0 Å². The number of carbonyl (C=O) groups excluding carboxylic acids is 1. The van der Waals surface area contributed by atoms with E-state index in [1.54, 1.807) is 7.11 Å². The molecular formula is C13H26N2O4S. The van der Waals surface area contributed by atoms with Gasteiger partial charge >= 0.3 is 0 Å². The maximum atomic E-state index is 12.2. The maximum Gasteiger partial charge on any atom is 0.224 e. The molecule has 7 heteroatoms. The maximum absolute atomic E-state index is 12.2. The van der Waals surface area contributed by atoms with Crippen LogP contribution in [-0.2, 0) is 19.6 Å². The molecule has 0 spiro atoms. The SMILES string of the molecule is COCCCC1CCCCN1C(=O)CCNS(C)(=O)=O. The van der Waals surface area contributed by atoms with Gasteiger partial charge in [-0.3, -0.25) is 4.79 Å². The van der Waals surface area contributed by atoms with Crippen LogP contribution in [0.2, 0.25) is 0 Å². The largest absolute Gasteiger partial charge is 0.385 e. The fourth-order valence-electron chi connectivity index (χ4n) is 2.58. The Hall–Kier alpha value is -0.660. The molecule has 1 fully saturated rings. The summed E-state index contributed by atoms with van der Waals surface area (Å²) in [7, 11) is -1.54. The minimum absolute atomic E-state index is 0.0447. The van der Waals surface area contributed by atoms with Crippen molar-refractivity contribution in [3.8, 4) is 0 Å². The Morgan fingerprint density at radius 1 is 1.40 bits per heavy atom. The normalized spacial score (nSPS) is 20.1. The smallest absolute Gasteiger partial charge is 0.224 e. The molecule has 1 rings (SSSR count). The predicted molar refractivity (Wildman–Crippen MR) is 77.9 cm³/mol. The number of amides is 1. The van der Waals surface area contributed by atoms with E-state index in [-0.39, 0.29) is 24.9 Å². The first kappa shape index (κ1) is 17.4. The average molecular weight is 306 g/mol. The van der Waals surface area contributed by atoms with E-state index in [0.717, 1.165) is 44.9 Å². The summed E-state index contributed by atoms with van der Waals surface area (Å²) in [5.74, 6) is 0.0447. The highest BCUT2D eigenvalue weighted by Gasteiger charge is 2.25. The first-order chi connectivity index (χ1) is 9.44. The summed E-state index contributed by atoms with van der Waals surface area (Å²) in [5, 5.41) is 0. The first-order valence-corrected chi connectivity index (χ1v) is 9.06. The van der Waals surface area contributed by atoms with E-state index in [9.17, 15) is 13.2 Å². The van der Waals surface area contributed by atoms with E-state index in [1.165, 1.54) is 0 Å². The molecule has 0 aliphatic carbocycles. The molecular weight excluding hydrogens is 280 g/mol. The van der Waals surface area contributed by atoms with Crippen molar-refractivity contribution < 1.29 is 17.9 Å². The molecule has 1 atom stereocenters. The first-order valence-electron chi connectivity index (χ1n) is 7.17. The van der Waals surface area contributed by atoms with E-state index in [0.29, 0.717) is 6.61 Å². The van der Waals surface area contributed by atoms with Crippen molar-refractivity contribution in [2.45, 2.75) is 44.6 Å². The number of nitrogens with zero attached hydrogens (tertiary/aromatic N) is 1. The van der Waals surface area contributed by atoms with Crippen LogP contribution in [0.3, 0.4) is 0 Å². The standard InChI is InChI=1S/C13H26N2O4S/c1-19-11-5-7-12-6-3-4-10-15(12)13(16)8-9-14-20(2,17)18/h12,14H,3-11H2,1-2H3. The fourth-order valence-corrected chi connectivity index (χ4v) is 3.05. The molecule has 0 saturated carbocycles. The van der Waals surface area contributed by atoms with Gasteiger partial charge in [0.05, 0.1) is 6.26 Å². The Morgan fingerprint density at radius 3 is 2.80 bits per heavy atom. The lowest BCUT2D eigenvalue weighted by Gasteiger charge is -2.36. The topological polar surface area (TPSA) is 75.7 Å². The van der Waals surface area contributed by atoms with Gasteiger partial charge in [0.25, 0.3) is 0 Å². The number of methoxy groups -OCH3 is 1. The highest BCUT2D eigenvalue weighted by molar-refractivity contribution is 7.88. The number of hydrogen-bond donors (Lipinski definition) is 1. The van der Waals surface area contributed by atoms with Gasteiger partial charge in [0.15, 0.2) is 0 Å². The second kappa shape index (κ2) is 8.59. The third-order valence-corrected chi connectivity index (χ3v) is 4.26. The van der Waals surface area contributed by atoms with Gasteiger partial charge in [-0.15, -0.1) is 0 Å². The monoisotopic (exact) mass is 306 g/mol. The molecule has 0 bridgehead atoms. The van der Waals surface area contributed by atoms with Crippen LogP contribution in [0, 0.1) is 0 Å². The Kier molecular flexibility index (Phi) is 7.47. The van der Waals surface area contributed by atoms with E-state index in [4.69, 9.17) is 4.74 Å². The van der Waals surface area contributed by atoms with Crippen LogP contribution in [0.1, 0.15) is 38.5 Å². The second-order valence-electron chi connectivity index (χ2n) is 5.29. The number of rotatable bonds is 8. The van der Waals surface area contributed by atoms with Gasteiger partial charge < -0.3 is 9.64 Å². The molecule has 1 saturated heterocycles. The van der Waals surface area contributed by atoms with Gasteiger partial charge in [-0.25, -0.2) is 13.1 Å². The zero-order valence-electron chi connectivity index (χ0n) is 12.4. The Bertz CT molecular complexity index is 397. The number of piperidine rings is 1. The molecule has 1 amide bonds. The summed E-state index contributed by atoms with van der Waals surface area (Å²) in [4.78, 5) is 14.1. The van der Waals surface area contributed by atoms with Crippen LogP contribution >= 0.6 is 0 Å². The van der Waals surface area contributed by atoms with Crippen molar-refractivity contribution in [2.75, 3.05) is 33.1 Å². The zero-order chi connectivity index (χ0) is 15.0. The Balaban J connectivity index is 2.41. The zero-order valence-corrected chi connectivity index (χ0v) is 13.2. The molecule has 118 valence electrons. The van der Waals surface area contributed by atoms with Crippen LogP contribution < -0.4 is 4.72 Å². The molecule has 0 aromatic rings. The molecule has 1 heterocycles.